The zero-order chi connectivity index (χ0) is 13.3. The number of aryl methyl sites for hydroxylation is 3. The Bertz CT molecular complexity index is 584. The van der Waals surface area contributed by atoms with E-state index in [0.717, 1.165) is 5.69 Å². The number of aromatic carboxylic acids is 1. The monoisotopic (exact) mass is 249 g/mol. The van der Waals surface area contributed by atoms with Crippen molar-refractivity contribution in [3.8, 4) is 0 Å². The molecule has 18 heavy (non-hydrogen) atoms. The number of hydrogen-bond acceptors (Lipinski definition) is 4. The average molecular weight is 249 g/mol. The lowest BCUT2D eigenvalue weighted by Gasteiger charge is -2.08. The van der Waals surface area contributed by atoms with Crippen molar-refractivity contribution < 1.29 is 9.90 Å². The molecular weight excluding hydrogens is 234 g/mol. The summed E-state index contributed by atoms with van der Waals surface area (Å²) in [6.45, 7) is 2.18. The first-order valence-electron chi connectivity index (χ1n) is 5.48. The van der Waals surface area contributed by atoms with Crippen LogP contribution in [0.4, 0.5) is 5.82 Å². The SMILES string of the molecule is Cc1nn(C)c(NCc2ccnn2C)c1C(=O)O. The minimum Gasteiger partial charge on any atom is -0.477 e. The van der Waals surface area contributed by atoms with Crippen molar-refractivity contribution in [3.05, 3.63) is 29.2 Å². The first-order valence-corrected chi connectivity index (χ1v) is 5.48. The van der Waals surface area contributed by atoms with Gasteiger partial charge in [0.1, 0.15) is 11.4 Å². The highest BCUT2D eigenvalue weighted by Crippen LogP contribution is 2.19. The van der Waals surface area contributed by atoms with Gasteiger partial charge < -0.3 is 10.4 Å². The Morgan fingerprint density at radius 3 is 2.72 bits per heavy atom. The van der Waals surface area contributed by atoms with E-state index in [1.807, 2.05) is 13.1 Å². The summed E-state index contributed by atoms with van der Waals surface area (Å²) >= 11 is 0. The Kier molecular flexibility index (Phi) is 3.05. The molecule has 2 aromatic rings. The number of aromatic nitrogens is 4. The lowest BCUT2D eigenvalue weighted by atomic mass is 10.2. The van der Waals surface area contributed by atoms with Gasteiger partial charge in [-0.15, -0.1) is 0 Å². The quantitative estimate of drug-likeness (QED) is 0.836. The van der Waals surface area contributed by atoms with E-state index in [2.05, 4.69) is 15.5 Å². The summed E-state index contributed by atoms with van der Waals surface area (Å²) in [5.41, 5.74) is 1.67. The second-order valence-corrected chi connectivity index (χ2v) is 4.04. The van der Waals surface area contributed by atoms with Crippen LogP contribution in [0.1, 0.15) is 21.7 Å². The summed E-state index contributed by atoms with van der Waals surface area (Å²) in [6.07, 6.45) is 1.70. The molecule has 2 rings (SSSR count). The lowest BCUT2D eigenvalue weighted by molar-refractivity contribution is 0.0697. The first kappa shape index (κ1) is 12.2. The Labute approximate surface area is 104 Å². The van der Waals surface area contributed by atoms with E-state index in [9.17, 15) is 4.79 Å². The zero-order valence-corrected chi connectivity index (χ0v) is 10.5. The van der Waals surface area contributed by atoms with Crippen LogP contribution < -0.4 is 5.32 Å². The third-order valence-electron chi connectivity index (χ3n) is 2.80. The van der Waals surface area contributed by atoms with Gasteiger partial charge in [0, 0.05) is 20.3 Å². The first-order chi connectivity index (χ1) is 8.50. The van der Waals surface area contributed by atoms with Gasteiger partial charge >= 0.3 is 5.97 Å². The van der Waals surface area contributed by atoms with Crippen LogP contribution in [0.25, 0.3) is 0 Å². The molecule has 0 bridgehead atoms. The molecule has 0 aliphatic heterocycles. The summed E-state index contributed by atoms with van der Waals surface area (Å²) in [5.74, 6) is -0.477. The van der Waals surface area contributed by atoms with E-state index < -0.39 is 5.97 Å². The molecule has 0 fully saturated rings. The van der Waals surface area contributed by atoms with Gasteiger partial charge in [-0.05, 0) is 13.0 Å². The molecule has 0 aromatic carbocycles. The highest BCUT2D eigenvalue weighted by molar-refractivity contribution is 5.94. The number of anilines is 1. The molecule has 96 valence electrons. The number of carboxylic acids is 1. The summed E-state index contributed by atoms with van der Waals surface area (Å²) in [6, 6.07) is 1.87. The van der Waals surface area contributed by atoms with Crippen molar-refractivity contribution in [2.45, 2.75) is 13.5 Å². The molecule has 0 amide bonds. The van der Waals surface area contributed by atoms with Gasteiger partial charge in [0.05, 0.1) is 17.9 Å². The molecule has 2 N–H and O–H groups in total. The molecule has 0 unspecified atom stereocenters. The van der Waals surface area contributed by atoms with Crippen molar-refractivity contribution in [2.75, 3.05) is 5.32 Å². The second kappa shape index (κ2) is 4.52. The minimum atomic E-state index is -0.979. The Morgan fingerprint density at radius 1 is 1.44 bits per heavy atom. The van der Waals surface area contributed by atoms with Crippen LogP contribution in [0.3, 0.4) is 0 Å². The predicted molar refractivity (Wildman–Crippen MR) is 65.4 cm³/mol. The summed E-state index contributed by atoms with van der Waals surface area (Å²) in [7, 11) is 3.55. The normalized spacial score (nSPS) is 10.6. The highest BCUT2D eigenvalue weighted by Gasteiger charge is 2.19. The van der Waals surface area contributed by atoms with E-state index in [-0.39, 0.29) is 5.56 Å². The van der Waals surface area contributed by atoms with Gasteiger partial charge in [-0.1, -0.05) is 0 Å². The van der Waals surface area contributed by atoms with E-state index in [1.54, 1.807) is 24.9 Å². The maximum Gasteiger partial charge on any atom is 0.341 e. The van der Waals surface area contributed by atoms with E-state index in [4.69, 9.17) is 5.11 Å². The topological polar surface area (TPSA) is 85.0 Å². The summed E-state index contributed by atoms with van der Waals surface area (Å²) in [4.78, 5) is 11.2. The number of rotatable bonds is 4. The predicted octanol–water partition coefficient (Wildman–Crippen LogP) is 0.772. The van der Waals surface area contributed by atoms with Crippen molar-refractivity contribution in [2.24, 2.45) is 14.1 Å². The molecule has 0 radical (unpaired) electrons. The zero-order valence-electron chi connectivity index (χ0n) is 10.5. The van der Waals surface area contributed by atoms with Gasteiger partial charge in [0.15, 0.2) is 0 Å². The molecule has 0 saturated heterocycles. The van der Waals surface area contributed by atoms with Gasteiger partial charge in [-0.25, -0.2) is 4.79 Å². The molecule has 0 atom stereocenters. The average Bonchev–Trinajstić information content (AvgIpc) is 2.79. The van der Waals surface area contributed by atoms with Crippen LogP contribution in [0.15, 0.2) is 12.3 Å². The fourth-order valence-electron chi connectivity index (χ4n) is 1.87. The number of nitrogens with zero attached hydrogens (tertiary/aromatic N) is 4. The largest absolute Gasteiger partial charge is 0.477 e. The van der Waals surface area contributed by atoms with Crippen molar-refractivity contribution in [3.63, 3.8) is 0 Å². The molecule has 7 heteroatoms. The van der Waals surface area contributed by atoms with Crippen molar-refractivity contribution in [1.82, 2.24) is 19.6 Å². The molecule has 0 saturated carbocycles. The van der Waals surface area contributed by atoms with E-state index in [1.165, 1.54) is 4.68 Å². The van der Waals surface area contributed by atoms with E-state index in [0.29, 0.717) is 18.1 Å². The van der Waals surface area contributed by atoms with E-state index >= 15 is 0 Å². The smallest absolute Gasteiger partial charge is 0.341 e. The Hall–Kier alpha value is -2.31. The van der Waals surface area contributed by atoms with Crippen molar-refractivity contribution in [1.29, 1.82) is 0 Å². The van der Waals surface area contributed by atoms with Gasteiger partial charge in [-0.3, -0.25) is 9.36 Å². The molecule has 2 aromatic heterocycles. The summed E-state index contributed by atoms with van der Waals surface area (Å²) in [5, 5.41) is 20.4. The van der Waals surface area contributed by atoms with Crippen LogP contribution in [-0.2, 0) is 20.6 Å². The maximum absolute atomic E-state index is 11.2. The standard InChI is InChI=1S/C11H15N5O2/c1-7-9(11(17)18)10(16(3)14-7)12-6-8-4-5-13-15(8)2/h4-5,12H,6H2,1-3H3,(H,17,18). The maximum atomic E-state index is 11.2. The van der Waals surface area contributed by atoms with Gasteiger partial charge in [-0.2, -0.15) is 10.2 Å². The second-order valence-electron chi connectivity index (χ2n) is 4.04. The number of nitrogens with one attached hydrogen (secondary N) is 1. The molecule has 0 aliphatic rings. The van der Waals surface area contributed by atoms with Crippen LogP contribution >= 0.6 is 0 Å². The molecule has 2 heterocycles. The number of carboxylic acid groups (broad SMARTS) is 1. The van der Waals surface area contributed by atoms with Gasteiger partial charge in [0.25, 0.3) is 0 Å². The van der Waals surface area contributed by atoms with Crippen LogP contribution in [0.5, 0.6) is 0 Å². The fourth-order valence-corrected chi connectivity index (χ4v) is 1.87. The Balaban J connectivity index is 2.24. The number of carbonyl (C=O) groups is 1. The Morgan fingerprint density at radius 2 is 2.17 bits per heavy atom. The molecule has 0 spiro atoms. The fraction of sp³-hybridized carbons (Fsp3) is 0.364. The van der Waals surface area contributed by atoms with Crippen molar-refractivity contribution >= 4 is 11.8 Å². The van der Waals surface area contributed by atoms with Crippen LogP contribution in [0, 0.1) is 6.92 Å². The number of hydrogen-bond donors (Lipinski definition) is 2. The molecule has 7 nitrogen and oxygen atoms in total. The van der Waals surface area contributed by atoms with Crippen LogP contribution in [-0.4, -0.2) is 30.6 Å². The van der Waals surface area contributed by atoms with Crippen LogP contribution in [0.2, 0.25) is 0 Å². The summed E-state index contributed by atoms with van der Waals surface area (Å²) < 4.78 is 3.27. The van der Waals surface area contributed by atoms with Gasteiger partial charge in [0.2, 0.25) is 0 Å². The highest BCUT2D eigenvalue weighted by atomic mass is 16.4. The molecule has 0 aliphatic carbocycles. The lowest BCUT2D eigenvalue weighted by Crippen LogP contribution is -2.11. The third-order valence-corrected chi connectivity index (χ3v) is 2.80. The molecular formula is C11H15N5O2. The third kappa shape index (κ3) is 2.06. The minimum absolute atomic E-state index is 0.208.